The van der Waals surface area contributed by atoms with Crippen LogP contribution in [0.1, 0.15) is 0 Å². The molecular formula is C15H12FN3O. The monoisotopic (exact) mass is 269 g/mol. The number of hydrogen-bond donors (Lipinski definition) is 1. The topological polar surface area (TPSA) is 61.0 Å². The minimum atomic E-state index is -0.426. The predicted molar refractivity (Wildman–Crippen MR) is 75.9 cm³/mol. The predicted octanol–water partition coefficient (Wildman–Crippen LogP) is 3.03. The fraction of sp³-hybridized carbons (Fsp3) is 0.0667. The third kappa shape index (κ3) is 2.03. The van der Waals surface area contributed by atoms with Crippen molar-refractivity contribution in [1.29, 1.82) is 0 Å². The molecule has 0 atom stereocenters. The van der Waals surface area contributed by atoms with Gasteiger partial charge in [-0.3, -0.25) is 0 Å². The standard InChI is InChI=1S/C15H12FN3O/c1-20-13-8-9(6-7-11(13)16)15-18-12-5-3-2-4-10(12)14(17)19-15/h2-8H,1H3,(H2,17,18,19). The minimum absolute atomic E-state index is 0.151. The third-order valence-electron chi connectivity index (χ3n) is 3.04. The zero-order valence-electron chi connectivity index (χ0n) is 10.8. The van der Waals surface area contributed by atoms with E-state index in [4.69, 9.17) is 10.5 Å². The minimum Gasteiger partial charge on any atom is -0.494 e. The highest BCUT2D eigenvalue weighted by Crippen LogP contribution is 2.27. The SMILES string of the molecule is COc1cc(-c2nc(N)c3ccccc3n2)ccc1F. The normalized spacial score (nSPS) is 10.7. The van der Waals surface area contributed by atoms with Crippen LogP contribution in [0, 0.1) is 5.82 Å². The Kier molecular flexibility index (Phi) is 2.95. The van der Waals surface area contributed by atoms with E-state index in [9.17, 15) is 4.39 Å². The highest BCUT2D eigenvalue weighted by Gasteiger charge is 2.10. The van der Waals surface area contributed by atoms with E-state index in [1.165, 1.54) is 13.2 Å². The van der Waals surface area contributed by atoms with Gasteiger partial charge in [0.05, 0.1) is 12.6 Å². The van der Waals surface area contributed by atoms with Gasteiger partial charge in [-0.2, -0.15) is 0 Å². The molecule has 20 heavy (non-hydrogen) atoms. The second kappa shape index (κ2) is 4.77. The van der Waals surface area contributed by atoms with Gasteiger partial charge in [0.2, 0.25) is 0 Å². The summed E-state index contributed by atoms with van der Waals surface area (Å²) in [5.41, 5.74) is 7.34. The van der Waals surface area contributed by atoms with Gasteiger partial charge in [-0.25, -0.2) is 14.4 Å². The van der Waals surface area contributed by atoms with E-state index in [0.29, 0.717) is 17.2 Å². The second-order valence-corrected chi connectivity index (χ2v) is 4.30. The van der Waals surface area contributed by atoms with Crippen molar-refractivity contribution >= 4 is 16.7 Å². The van der Waals surface area contributed by atoms with E-state index in [2.05, 4.69) is 9.97 Å². The van der Waals surface area contributed by atoms with Gasteiger partial charge in [0.1, 0.15) is 5.82 Å². The lowest BCUT2D eigenvalue weighted by atomic mass is 10.1. The number of fused-ring (bicyclic) bond motifs is 1. The van der Waals surface area contributed by atoms with Crippen LogP contribution in [0.4, 0.5) is 10.2 Å². The first-order valence-corrected chi connectivity index (χ1v) is 6.05. The molecule has 100 valence electrons. The van der Waals surface area contributed by atoms with Crippen molar-refractivity contribution in [2.75, 3.05) is 12.8 Å². The molecule has 1 heterocycles. The van der Waals surface area contributed by atoms with Crippen molar-refractivity contribution in [2.45, 2.75) is 0 Å². The van der Waals surface area contributed by atoms with Gasteiger partial charge in [-0.15, -0.1) is 0 Å². The Morgan fingerprint density at radius 2 is 1.90 bits per heavy atom. The molecule has 0 saturated heterocycles. The van der Waals surface area contributed by atoms with Gasteiger partial charge < -0.3 is 10.5 Å². The lowest BCUT2D eigenvalue weighted by molar-refractivity contribution is 0.387. The Morgan fingerprint density at radius 1 is 1.10 bits per heavy atom. The smallest absolute Gasteiger partial charge is 0.165 e. The maximum Gasteiger partial charge on any atom is 0.165 e. The Labute approximate surface area is 115 Å². The zero-order valence-corrected chi connectivity index (χ0v) is 10.8. The van der Waals surface area contributed by atoms with Crippen molar-refractivity contribution in [3.8, 4) is 17.1 Å². The molecule has 0 spiro atoms. The Balaban J connectivity index is 2.19. The van der Waals surface area contributed by atoms with Gasteiger partial charge in [0, 0.05) is 10.9 Å². The Bertz CT molecular complexity index is 789. The van der Waals surface area contributed by atoms with Crippen LogP contribution in [-0.2, 0) is 0 Å². The van der Waals surface area contributed by atoms with Crippen LogP contribution in [0.15, 0.2) is 42.5 Å². The van der Waals surface area contributed by atoms with E-state index in [0.717, 1.165) is 10.9 Å². The number of ether oxygens (including phenoxy) is 1. The first-order chi connectivity index (χ1) is 9.69. The molecule has 0 fully saturated rings. The highest BCUT2D eigenvalue weighted by molar-refractivity contribution is 5.89. The molecule has 0 bridgehead atoms. The van der Waals surface area contributed by atoms with Crippen LogP contribution in [0.3, 0.4) is 0 Å². The third-order valence-corrected chi connectivity index (χ3v) is 3.04. The molecule has 1 aromatic heterocycles. The maximum atomic E-state index is 13.4. The van der Waals surface area contributed by atoms with Gasteiger partial charge in [-0.1, -0.05) is 12.1 Å². The summed E-state index contributed by atoms with van der Waals surface area (Å²) in [7, 11) is 1.41. The van der Waals surface area contributed by atoms with Crippen molar-refractivity contribution < 1.29 is 9.13 Å². The van der Waals surface area contributed by atoms with Crippen LogP contribution in [-0.4, -0.2) is 17.1 Å². The second-order valence-electron chi connectivity index (χ2n) is 4.30. The number of anilines is 1. The highest BCUT2D eigenvalue weighted by atomic mass is 19.1. The van der Waals surface area contributed by atoms with Gasteiger partial charge in [-0.05, 0) is 30.3 Å². The molecule has 4 nitrogen and oxygen atoms in total. The molecule has 2 N–H and O–H groups in total. The number of nitrogens with two attached hydrogens (primary N) is 1. The summed E-state index contributed by atoms with van der Waals surface area (Å²) in [6.07, 6.45) is 0. The number of hydrogen-bond acceptors (Lipinski definition) is 4. The van der Waals surface area contributed by atoms with Crippen LogP contribution >= 0.6 is 0 Å². The number of nitrogen functional groups attached to an aromatic ring is 1. The largest absolute Gasteiger partial charge is 0.494 e. The van der Waals surface area contributed by atoms with Crippen molar-refractivity contribution in [1.82, 2.24) is 9.97 Å². The number of para-hydroxylation sites is 1. The summed E-state index contributed by atoms with van der Waals surface area (Å²) >= 11 is 0. The molecule has 0 radical (unpaired) electrons. The van der Waals surface area contributed by atoms with E-state index in [-0.39, 0.29) is 5.75 Å². The summed E-state index contributed by atoms with van der Waals surface area (Å²) in [6.45, 7) is 0. The number of nitrogens with zero attached hydrogens (tertiary/aromatic N) is 2. The Hall–Kier alpha value is -2.69. The molecule has 3 aromatic rings. The molecular weight excluding hydrogens is 257 g/mol. The van der Waals surface area contributed by atoms with Crippen LogP contribution in [0.2, 0.25) is 0 Å². The van der Waals surface area contributed by atoms with Crippen molar-refractivity contribution in [2.24, 2.45) is 0 Å². The number of aromatic nitrogens is 2. The number of rotatable bonds is 2. The number of benzene rings is 2. The molecule has 0 amide bonds. The molecule has 5 heteroatoms. The van der Waals surface area contributed by atoms with Gasteiger partial charge in [0.25, 0.3) is 0 Å². The molecule has 0 saturated carbocycles. The number of methoxy groups -OCH3 is 1. The van der Waals surface area contributed by atoms with E-state index < -0.39 is 5.82 Å². The average molecular weight is 269 g/mol. The summed E-state index contributed by atoms with van der Waals surface area (Å²) in [6, 6.07) is 12.0. The quantitative estimate of drug-likeness (QED) is 0.776. The van der Waals surface area contributed by atoms with E-state index in [1.54, 1.807) is 12.1 Å². The maximum absolute atomic E-state index is 13.4. The molecule has 0 unspecified atom stereocenters. The van der Waals surface area contributed by atoms with Gasteiger partial charge in [0.15, 0.2) is 17.4 Å². The first kappa shape index (κ1) is 12.3. The number of halogens is 1. The fourth-order valence-electron chi connectivity index (χ4n) is 2.03. The molecule has 2 aromatic carbocycles. The molecule has 3 rings (SSSR count). The van der Waals surface area contributed by atoms with Gasteiger partial charge >= 0.3 is 0 Å². The summed E-state index contributed by atoms with van der Waals surface area (Å²) < 4.78 is 18.4. The summed E-state index contributed by atoms with van der Waals surface area (Å²) in [5, 5.41) is 0.797. The molecule has 0 aliphatic heterocycles. The molecule has 0 aliphatic rings. The van der Waals surface area contributed by atoms with Crippen LogP contribution in [0.5, 0.6) is 5.75 Å². The van der Waals surface area contributed by atoms with E-state index in [1.807, 2.05) is 24.3 Å². The Morgan fingerprint density at radius 3 is 2.70 bits per heavy atom. The van der Waals surface area contributed by atoms with E-state index >= 15 is 0 Å². The lowest BCUT2D eigenvalue weighted by Crippen LogP contribution is -1.98. The van der Waals surface area contributed by atoms with Crippen LogP contribution in [0.25, 0.3) is 22.3 Å². The zero-order chi connectivity index (χ0) is 14.1. The lowest BCUT2D eigenvalue weighted by Gasteiger charge is -2.07. The van der Waals surface area contributed by atoms with Crippen molar-refractivity contribution in [3.05, 3.63) is 48.3 Å². The molecule has 0 aliphatic carbocycles. The van der Waals surface area contributed by atoms with Crippen molar-refractivity contribution in [3.63, 3.8) is 0 Å². The first-order valence-electron chi connectivity index (χ1n) is 6.05. The summed E-state index contributed by atoms with van der Waals surface area (Å²) in [4.78, 5) is 8.71. The van der Waals surface area contributed by atoms with Crippen LogP contribution < -0.4 is 10.5 Å². The summed E-state index contributed by atoms with van der Waals surface area (Å²) in [5.74, 6) is 0.566. The average Bonchev–Trinajstić information content (AvgIpc) is 2.47. The fourth-order valence-corrected chi connectivity index (χ4v) is 2.03.